The number of hydrogen-bond donors (Lipinski definition) is 1. The third-order valence-corrected chi connectivity index (χ3v) is 2.88. The van der Waals surface area contributed by atoms with Crippen LogP contribution >= 0.6 is 0 Å². The van der Waals surface area contributed by atoms with Crippen LogP contribution in [0.15, 0.2) is 61.1 Å². The molecule has 0 aliphatic rings. The SMILES string of the molecule is O=C(O)c1cn(-c2cccnc2)c(-c2ccccc2)n1. The van der Waals surface area contributed by atoms with Gasteiger partial charge in [-0.25, -0.2) is 9.78 Å². The lowest BCUT2D eigenvalue weighted by Gasteiger charge is -2.06. The Balaban J connectivity index is 2.20. The van der Waals surface area contributed by atoms with E-state index >= 15 is 0 Å². The Kier molecular flexibility index (Phi) is 3.01. The Morgan fingerprint density at radius 3 is 2.55 bits per heavy atom. The molecule has 98 valence electrons. The van der Waals surface area contributed by atoms with Crippen LogP contribution in [0.25, 0.3) is 17.1 Å². The van der Waals surface area contributed by atoms with Crippen LogP contribution in [0.5, 0.6) is 0 Å². The first-order valence-corrected chi connectivity index (χ1v) is 6.04. The average molecular weight is 265 g/mol. The fourth-order valence-electron chi connectivity index (χ4n) is 1.97. The van der Waals surface area contributed by atoms with Crippen molar-refractivity contribution in [3.8, 4) is 17.1 Å². The van der Waals surface area contributed by atoms with E-state index in [2.05, 4.69) is 9.97 Å². The largest absolute Gasteiger partial charge is 0.476 e. The molecule has 2 aromatic heterocycles. The van der Waals surface area contributed by atoms with E-state index in [1.54, 1.807) is 23.0 Å². The first-order valence-electron chi connectivity index (χ1n) is 6.04. The van der Waals surface area contributed by atoms with Crippen molar-refractivity contribution in [3.63, 3.8) is 0 Å². The first-order chi connectivity index (χ1) is 9.75. The van der Waals surface area contributed by atoms with E-state index in [1.807, 2.05) is 36.4 Å². The topological polar surface area (TPSA) is 68.0 Å². The molecular weight excluding hydrogens is 254 g/mol. The van der Waals surface area contributed by atoms with Crippen molar-refractivity contribution in [1.29, 1.82) is 0 Å². The summed E-state index contributed by atoms with van der Waals surface area (Å²) < 4.78 is 1.73. The summed E-state index contributed by atoms with van der Waals surface area (Å²) in [6.45, 7) is 0. The molecule has 1 N–H and O–H groups in total. The number of hydrogen-bond acceptors (Lipinski definition) is 3. The van der Waals surface area contributed by atoms with Crippen LogP contribution in [-0.4, -0.2) is 25.6 Å². The number of aromatic nitrogens is 3. The van der Waals surface area contributed by atoms with Crippen LogP contribution in [0.2, 0.25) is 0 Å². The van der Waals surface area contributed by atoms with Crippen LogP contribution in [-0.2, 0) is 0 Å². The predicted octanol–water partition coefficient (Wildman–Crippen LogP) is 2.63. The predicted molar refractivity (Wildman–Crippen MR) is 73.8 cm³/mol. The minimum absolute atomic E-state index is 0.00714. The lowest BCUT2D eigenvalue weighted by molar-refractivity contribution is 0.0691. The molecule has 0 bridgehead atoms. The molecule has 1 aromatic carbocycles. The summed E-state index contributed by atoms with van der Waals surface area (Å²) in [5, 5.41) is 9.12. The molecule has 0 atom stereocenters. The molecule has 3 rings (SSSR count). The lowest BCUT2D eigenvalue weighted by Crippen LogP contribution is -1.96. The van der Waals surface area contributed by atoms with Crippen LogP contribution in [0.1, 0.15) is 10.5 Å². The summed E-state index contributed by atoms with van der Waals surface area (Å²) >= 11 is 0. The second kappa shape index (κ2) is 4.97. The van der Waals surface area contributed by atoms with Crippen molar-refractivity contribution < 1.29 is 9.90 Å². The van der Waals surface area contributed by atoms with Gasteiger partial charge in [0.25, 0.3) is 0 Å². The van der Waals surface area contributed by atoms with Gasteiger partial charge in [0.05, 0.1) is 11.9 Å². The van der Waals surface area contributed by atoms with E-state index in [4.69, 9.17) is 5.11 Å². The van der Waals surface area contributed by atoms with E-state index in [9.17, 15) is 4.79 Å². The quantitative estimate of drug-likeness (QED) is 0.790. The van der Waals surface area contributed by atoms with Gasteiger partial charge in [-0.15, -0.1) is 0 Å². The van der Waals surface area contributed by atoms with Gasteiger partial charge in [-0.1, -0.05) is 30.3 Å². The fourth-order valence-corrected chi connectivity index (χ4v) is 1.97. The van der Waals surface area contributed by atoms with E-state index < -0.39 is 5.97 Å². The molecule has 2 heterocycles. The number of carboxylic acids is 1. The molecule has 0 unspecified atom stereocenters. The first kappa shape index (κ1) is 12.1. The zero-order chi connectivity index (χ0) is 13.9. The molecule has 0 spiro atoms. The molecule has 0 aliphatic carbocycles. The minimum Gasteiger partial charge on any atom is -0.476 e. The van der Waals surface area contributed by atoms with Gasteiger partial charge in [0.1, 0.15) is 5.82 Å². The molecule has 0 aliphatic heterocycles. The van der Waals surface area contributed by atoms with Crippen LogP contribution in [0, 0.1) is 0 Å². The third-order valence-electron chi connectivity index (χ3n) is 2.88. The highest BCUT2D eigenvalue weighted by atomic mass is 16.4. The van der Waals surface area contributed by atoms with E-state index in [-0.39, 0.29) is 5.69 Å². The number of imidazole rings is 1. The number of benzene rings is 1. The molecule has 0 fully saturated rings. The number of aromatic carboxylic acids is 1. The summed E-state index contributed by atoms with van der Waals surface area (Å²) in [6, 6.07) is 13.1. The van der Waals surface area contributed by atoms with Gasteiger partial charge in [-0.3, -0.25) is 9.55 Å². The Morgan fingerprint density at radius 2 is 1.90 bits per heavy atom. The van der Waals surface area contributed by atoms with Crippen molar-refractivity contribution in [2.45, 2.75) is 0 Å². The zero-order valence-electron chi connectivity index (χ0n) is 10.5. The fraction of sp³-hybridized carbons (Fsp3) is 0. The number of rotatable bonds is 3. The average Bonchev–Trinajstić information content (AvgIpc) is 2.94. The van der Waals surface area contributed by atoms with Crippen molar-refractivity contribution >= 4 is 5.97 Å². The molecule has 5 heteroatoms. The summed E-state index contributed by atoms with van der Waals surface area (Å²) in [5.41, 5.74) is 1.63. The van der Waals surface area contributed by atoms with E-state index in [0.717, 1.165) is 11.3 Å². The molecule has 0 amide bonds. The molecule has 0 saturated carbocycles. The van der Waals surface area contributed by atoms with Gasteiger partial charge in [-0.2, -0.15) is 0 Å². The molecule has 20 heavy (non-hydrogen) atoms. The van der Waals surface area contributed by atoms with Gasteiger partial charge < -0.3 is 5.11 Å². The molecule has 3 aromatic rings. The Bertz CT molecular complexity index is 679. The summed E-state index contributed by atoms with van der Waals surface area (Å²) in [6.07, 6.45) is 4.84. The summed E-state index contributed by atoms with van der Waals surface area (Å²) in [7, 11) is 0. The van der Waals surface area contributed by atoms with Crippen molar-refractivity contribution in [1.82, 2.24) is 14.5 Å². The van der Waals surface area contributed by atoms with E-state index in [0.29, 0.717) is 5.82 Å². The summed E-state index contributed by atoms with van der Waals surface area (Å²) in [5.74, 6) is -0.471. The van der Waals surface area contributed by atoms with E-state index in [1.165, 1.54) is 6.20 Å². The maximum absolute atomic E-state index is 11.1. The lowest BCUT2D eigenvalue weighted by atomic mass is 10.2. The Hall–Kier alpha value is -2.95. The maximum Gasteiger partial charge on any atom is 0.356 e. The van der Waals surface area contributed by atoms with Crippen molar-refractivity contribution in [3.05, 3.63) is 66.7 Å². The molecule has 0 radical (unpaired) electrons. The molecule has 0 saturated heterocycles. The van der Waals surface area contributed by atoms with Gasteiger partial charge in [0, 0.05) is 18.0 Å². The number of carboxylic acid groups (broad SMARTS) is 1. The normalized spacial score (nSPS) is 10.4. The van der Waals surface area contributed by atoms with Gasteiger partial charge in [0.2, 0.25) is 0 Å². The number of carbonyl (C=O) groups is 1. The molecule has 5 nitrogen and oxygen atoms in total. The minimum atomic E-state index is -1.05. The van der Waals surface area contributed by atoms with Gasteiger partial charge >= 0.3 is 5.97 Å². The van der Waals surface area contributed by atoms with Gasteiger partial charge in [-0.05, 0) is 12.1 Å². The molecular formula is C15H11N3O2. The van der Waals surface area contributed by atoms with Crippen molar-refractivity contribution in [2.75, 3.05) is 0 Å². The standard InChI is InChI=1S/C15H11N3O2/c19-15(20)13-10-18(12-7-4-8-16-9-12)14(17-13)11-5-2-1-3-6-11/h1-10H,(H,19,20). The Morgan fingerprint density at radius 1 is 1.10 bits per heavy atom. The highest BCUT2D eigenvalue weighted by molar-refractivity contribution is 5.86. The zero-order valence-corrected chi connectivity index (χ0v) is 10.5. The second-order valence-electron chi connectivity index (χ2n) is 4.20. The number of pyridine rings is 1. The number of nitrogens with zero attached hydrogens (tertiary/aromatic N) is 3. The van der Waals surface area contributed by atoms with Gasteiger partial charge in [0.15, 0.2) is 5.69 Å². The maximum atomic E-state index is 11.1. The highest BCUT2D eigenvalue weighted by Crippen LogP contribution is 2.22. The van der Waals surface area contributed by atoms with Crippen LogP contribution in [0.3, 0.4) is 0 Å². The Labute approximate surface area is 115 Å². The second-order valence-corrected chi connectivity index (χ2v) is 4.20. The highest BCUT2D eigenvalue weighted by Gasteiger charge is 2.15. The van der Waals surface area contributed by atoms with Crippen molar-refractivity contribution in [2.24, 2.45) is 0 Å². The summed E-state index contributed by atoms with van der Waals surface area (Å²) in [4.78, 5) is 19.4. The van der Waals surface area contributed by atoms with Crippen LogP contribution < -0.4 is 0 Å². The smallest absolute Gasteiger partial charge is 0.356 e. The van der Waals surface area contributed by atoms with Crippen LogP contribution in [0.4, 0.5) is 0 Å². The monoisotopic (exact) mass is 265 g/mol. The third kappa shape index (κ3) is 2.16.